The molecule has 0 aliphatic rings. The van der Waals surface area contributed by atoms with Crippen molar-refractivity contribution in [2.75, 3.05) is 12.4 Å². The maximum atomic E-state index is 15.3. The van der Waals surface area contributed by atoms with Crippen molar-refractivity contribution < 1.29 is 23.0 Å². The van der Waals surface area contributed by atoms with E-state index in [1.165, 1.54) is 52.9 Å². The fraction of sp³-hybridized carbons (Fsp3) is 0.185. The number of aromatic amines is 1. The Labute approximate surface area is 233 Å². The number of rotatable bonds is 8. The van der Waals surface area contributed by atoms with E-state index < -0.39 is 23.2 Å². The zero-order valence-corrected chi connectivity index (χ0v) is 22.5. The number of H-pyrrole nitrogens is 1. The lowest BCUT2D eigenvalue weighted by atomic mass is 10.0. The van der Waals surface area contributed by atoms with Gasteiger partial charge in [-0.05, 0) is 66.6 Å². The number of aryl methyl sites for hydroxylation is 2. The topological polar surface area (TPSA) is 116 Å². The summed E-state index contributed by atoms with van der Waals surface area (Å²) >= 11 is 0. The van der Waals surface area contributed by atoms with Crippen LogP contribution in [0.4, 0.5) is 14.5 Å². The van der Waals surface area contributed by atoms with E-state index in [9.17, 15) is 14.0 Å². The number of anilines is 1. The minimum atomic E-state index is -0.665. The molecule has 5 aromatic rings. The predicted octanol–water partition coefficient (Wildman–Crippen LogP) is 4.36. The second-order valence-corrected chi connectivity index (χ2v) is 8.88. The summed E-state index contributed by atoms with van der Waals surface area (Å²) in [6, 6.07) is 11.9. The number of hydrogen-bond acceptors (Lipinski definition) is 6. The van der Waals surface area contributed by atoms with Gasteiger partial charge in [0, 0.05) is 18.3 Å². The highest BCUT2D eigenvalue weighted by molar-refractivity contribution is 5.96. The minimum Gasteiger partial charge on any atom is -0.493 e. The summed E-state index contributed by atoms with van der Waals surface area (Å²) in [6.07, 6.45) is 1.39. The van der Waals surface area contributed by atoms with Crippen molar-refractivity contribution >= 4 is 35.0 Å². The van der Waals surface area contributed by atoms with Gasteiger partial charge < -0.3 is 19.8 Å². The predicted molar refractivity (Wildman–Crippen MR) is 147 cm³/mol. The number of aromatic nitrogens is 5. The smallest absolute Gasteiger partial charge is 0.329 e. The molecule has 2 heterocycles. The van der Waals surface area contributed by atoms with Crippen molar-refractivity contribution in [3.05, 3.63) is 88.4 Å². The minimum absolute atomic E-state index is 0. The van der Waals surface area contributed by atoms with Crippen molar-refractivity contribution in [3.8, 4) is 22.6 Å². The van der Waals surface area contributed by atoms with Crippen molar-refractivity contribution in [2.24, 2.45) is 7.05 Å². The van der Waals surface area contributed by atoms with Crippen LogP contribution in [0.25, 0.3) is 22.2 Å². The number of amides is 1. The van der Waals surface area contributed by atoms with E-state index >= 15 is 4.39 Å². The molecular formula is C27H25ClF2N6O4. The summed E-state index contributed by atoms with van der Waals surface area (Å²) in [6.45, 7) is 1.52. The van der Waals surface area contributed by atoms with E-state index in [2.05, 4.69) is 20.5 Å². The second kappa shape index (κ2) is 11.6. The molecule has 0 fully saturated rings. The van der Waals surface area contributed by atoms with Gasteiger partial charge in [0.05, 0.1) is 18.1 Å². The van der Waals surface area contributed by atoms with Crippen LogP contribution in [0.3, 0.4) is 0 Å². The first-order valence-corrected chi connectivity index (χ1v) is 11.9. The quantitative estimate of drug-likeness (QED) is 0.286. The molecule has 0 saturated heterocycles. The summed E-state index contributed by atoms with van der Waals surface area (Å²) in [7, 11) is 2.98. The van der Waals surface area contributed by atoms with Gasteiger partial charge in [0.25, 0.3) is 0 Å². The molecule has 2 N–H and O–H groups in total. The van der Waals surface area contributed by atoms with Crippen LogP contribution in [0.2, 0.25) is 0 Å². The molecule has 0 saturated carbocycles. The number of imidazole rings is 1. The molecule has 0 aliphatic heterocycles. The van der Waals surface area contributed by atoms with Gasteiger partial charge in [-0.1, -0.05) is 0 Å². The Morgan fingerprint density at radius 3 is 2.55 bits per heavy atom. The molecule has 2 aromatic heterocycles. The van der Waals surface area contributed by atoms with Crippen molar-refractivity contribution in [2.45, 2.75) is 20.1 Å². The van der Waals surface area contributed by atoms with Crippen LogP contribution in [-0.4, -0.2) is 37.3 Å². The molecule has 208 valence electrons. The summed E-state index contributed by atoms with van der Waals surface area (Å²) in [5, 5.41) is 10.2. The first-order chi connectivity index (χ1) is 18.7. The van der Waals surface area contributed by atoms with Gasteiger partial charge in [-0.2, -0.15) is 0 Å². The molecule has 0 bridgehead atoms. The van der Waals surface area contributed by atoms with Gasteiger partial charge in [0.1, 0.15) is 25.3 Å². The second-order valence-electron chi connectivity index (χ2n) is 8.88. The van der Waals surface area contributed by atoms with Gasteiger partial charge in [-0.15, -0.1) is 22.6 Å². The van der Waals surface area contributed by atoms with Crippen molar-refractivity contribution in [1.82, 2.24) is 24.3 Å². The largest absolute Gasteiger partial charge is 0.493 e. The van der Waals surface area contributed by atoms with Gasteiger partial charge >= 0.3 is 5.69 Å². The standard InChI is InChI=1S/C27H24F2N6O4.ClH/c1-15-8-19(16-10-20(29)26(22(11-16)38-3)39-13-23-30-14-31-33-23)25-21(9-15)35(27(37)34(25)2)12-24(36)32-18-6-4-17(28)5-7-18;/h4-11,14H,12-13H2,1-3H3,(H,32,36)(H,30,31,33);1H. The Balaban J connectivity index is 0.00000370. The van der Waals surface area contributed by atoms with E-state index in [0.29, 0.717) is 33.7 Å². The van der Waals surface area contributed by atoms with Crippen LogP contribution in [-0.2, 0) is 25.0 Å². The van der Waals surface area contributed by atoms with E-state index in [-0.39, 0.29) is 37.1 Å². The summed E-state index contributed by atoms with van der Waals surface area (Å²) < 4.78 is 42.3. The number of nitrogens with one attached hydrogen (secondary N) is 2. The Hall–Kier alpha value is -4.71. The van der Waals surface area contributed by atoms with Crippen LogP contribution in [0.5, 0.6) is 11.5 Å². The highest BCUT2D eigenvalue weighted by atomic mass is 35.5. The molecule has 13 heteroatoms. The number of carbonyl (C=O) groups excluding carboxylic acids is 1. The number of nitrogens with zero attached hydrogens (tertiary/aromatic N) is 4. The SMILES string of the molecule is COc1cc(-c2cc(C)cc3c2n(C)c(=O)n3CC(=O)Nc2ccc(F)cc2)cc(F)c1OCc1nnc[nH]1.Cl. The first-order valence-electron chi connectivity index (χ1n) is 11.9. The third-order valence-corrected chi connectivity index (χ3v) is 6.17. The van der Waals surface area contributed by atoms with Crippen LogP contribution in [0.1, 0.15) is 11.4 Å². The monoisotopic (exact) mass is 570 g/mol. The van der Waals surface area contributed by atoms with Gasteiger partial charge in [0.2, 0.25) is 5.91 Å². The van der Waals surface area contributed by atoms with E-state index in [1.54, 1.807) is 19.2 Å². The highest BCUT2D eigenvalue weighted by Crippen LogP contribution is 2.38. The first kappa shape index (κ1) is 28.3. The number of ether oxygens (including phenoxy) is 2. The third-order valence-electron chi connectivity index (χ3n) is 6.17. The Kier molecular flexibility index (Phi) is 8.19. The van der Waals surface area contributed by atoms with Gasteiger partial charge in [-0.3, -0.25) is 13.9 Å². The summed E-state index contributed by atoms with van der Waals surface area (Å²) in [5.41, 5.74) is 2.80. The van der Waals surface area contributed by atoms with Crippen LogP contribution >= 0.6 is 12.4 Å². The Morgan fingerprint density at radius 2 is 1.88 bits per heavy atom. The Morgan fingerprint density at radius 1 is 1.12 bits per heavy atom. The van der Waals surface area contributed by atoms with Crippen molar-refractivity contribution in [1.29, 1.82) is 0 Å². The summed E-state index contributed by atoms with van der Waals surface area (Å²) in [4.78, 5) is 28.8. The molecule has 0 atom stereocenters. The highest BCUT2D eigenvalue weighted by Gasteiger charge is 2.21. The third kappa shape index (κ3) is 5.52. The summed E-state index contributed by atoms with van der Waals surface area (Å²) in [5.74, 6) is -1.07. The molecule has 5 rings (SSSR count). The number of carbonyl (C=O) groups is 1. The number of methoxy groups -OCH3 is 1. The molecule has 1 amide bonds. The van der Waals surface area contributed by atoms with E-state index in [0.717, 1.165) is 5.56 Å². The zero-order valence-electron chi connectivity index (χ0n) is 21.7. The molecule has 10 nitrogen and oxygen atoms in total. The molecule has 3 aromatic carbocycles. The molecular weight excluding hydrogens is 546 g/mol. The number of halogens is 3. The maximum absolute atomic E-state index is 15.3. The van der Waals surface area contributed by atoms with E-state index in [1.807, 2.05) is 13.0 Å². The van der Waals surface area contributed by atoms with Crippen LogP contribution < -0.4 is 20.5 Å². The van der Waals surface area contributed by atoms with Gasteiger partial charge in [-0.25, -0.2) is 13.6 Å². The average molecular weight is 571 g/mol. The Bertz CT molecular complexity index is 1730. The molecule has 0 spiro atoms. The number of benzene rings is 3. The fourth-order valence-corrected chi connectivity index (χ4v) is 4.41. The average Bonchev–Trinajstić information content (AvgIpc) is 3.51. The fourth-order valence-electron chi connectivity index (χ4n) is 4.41. The normalized spacial score (nSPS) is 10.8. The number of hydrogen-bond donors (Lipinski definition) is 2. The maximum Gasteiger partial charge on any atom is 0.329 e. The molecule has 40 heavy (non-hydrogen) atoms. The van der Waals surface area contributed by atoms with E-state index in [4.69, 9.17) is 9.47 Å². The lowest BCUT2D eigenvalue weighted by Crippen LogP contribution is -2.28. The molecule has 0 radical (unpaired) electrons. The molecule has 0 unspecified atom stereocenters. The zero-order chi connectivity index (χ0) is 27.7. The van der Waals surface area contributed by atoms with Crippen LogP contribution in [0, 0.1) is 18.6 Å². The lowest BCUT2D eigenvalue weighted by Gasteiger charge is -2.14. The van der Waals surface area contributed by atoms with Crippen molar-refractivity contribution in [3.63, 3.8) is 0 Å². The van der Waals surface area contributed by atoms with Crippen LogP contribution in [0.15, 0.2) is 59.7 Å². The molecule has 0 aliphatic carbocycles. The number of fused-ring (bicyclic) bond motifs is 1. The lowest BCUT2D eigenvalue weighted by molar-refractivity contribution is -0.116. The van der Waals surface area contributed by atoms with Gasteiger partial charge in [0.15, 0.2) is 23.1 Å².